The van der Waals surface area contributed by atoms with E-state index in [2.05, 4.69) is 25.0 Å². The molecule has 12 nitrogen and oxygen atoms in total. The number of anilines is 3. The highest BCUT2D eigenvalue weighted by Crippen LogP contribution is 2.37. The Morgan fingerprint density at radius 3 is 2.44 bits per heavy atom. The van der Waals surface area contributed by atoms with Gasteiger partial charge >= 0.3 is 0 Å². The minimum absolute atomic E-state index is 0.00134. The normalized spacial score (nSPS) is 11.7. The molecule has 0 saturated carbocycles. The summed E-state index contributed by atoms with van der Waals surface area (Å²) in [6.07, 6.45) is 2.84. The number of benzene rings is 1. The van der Waals surface area contributed by atoms with Gasteiger partial charge in [-0.25, -0.2) is 28.1 Å². The summed E-state index contributed by atoms with van der Waals surface area (Å²) in [6, 6.07) is 14.4. The van der Waals surface area contributed by atoms with Crippen molar-refractivity contribution in [2.45, 2.75) is 29.0 Å². The lowest BCUT2D eigenvalue weighted by molar-refractivity contribution is -0.115. The molecular formula is C25H20N8O4S2. The highest BCUT2D eigenvalue weighted by atomic mass is 32.2. The van der Waals surface area contributed by atoms with Gasteiger partial charge < -0.3 is 15.5 Å². The number of amides is 1. The predicted octanol–water partition coefficient (Wildman–Crippen LogP) is 3.69. The molecule has 0 aliphatic carbocycles. The number of aryl methyl sites for hydroxylation is 1. The molecular weight excluding hydrogens is 540 g/mol. The van der Waals surface area contributed by atoms with Gasteiger partial charge in [-0.2, -0.15) is 10.5 Å². The highest BCUT2D eigenvalue weighted by molar-refractivity contribution is 8.00. The molecule has 39 heavy (non-hydrogen) atoms. The number of pyridine rings is 1. The van der Waals surface area contributed by atoms with E-state index in [4.69, 9.17) is 10.2 Å². The number of hydrogen-bond acceptors (Lipinski definition) is 11. The van der Waals surface area contributed by atoms with E-state index < -0.39 is 21.2 Å². The van der Waals surface area contributed by atoms with E-state index in [0.717, 1.165) is 11.8 Å². The number of hydrogen-bond donors (Lipinski definition) is 3. The third-order valence-corrected chi connectivity index (χ3v) is 7.72. The second-order valence-corrected chi connectivity index (χ2v) is 11.0. The molecule has 14 heteroatoms. The first-order chi connectivity index (χ1) is 18.6. The summed E-state index contributed by atoms with van der Waals surface area (Å²) in [5.41, 5.74) is 7.19. The molecule has 1 atom stereocenters. The molecule has 4 N–H and O–H groups in total. The number of sulfonamides is 1. The van der Waals surface area contributed by atoms with Gasteiger partial charge in [-0.05, 0) is 56.3 Å². The summed E-state index contributed by atoms with van der Waals surface area (Å²) >= 11 is 0.980. The minimum Gasteiger partial charge on any atom is -0.464 e. The van der Waals surface area contributed by atoms with Crippen molar-refractivity contribution in [1.29, 1.82) is 10.5 Å². The third-order valence-electron chi connectivity index (χ3n) is 5.29. The van der Waals surface area contributed by atoms with Crippen LogP contribution in [-0.2, 0) is 14.8 Å². The van der Waals surface area contributed by atoms with Crippen molar-refractivity contribution < 1.29 is 17.6 Å². The summed E-state index contributed by atoms with van der Waals surface area (Å²) in [5.74, 6) is -0.314. The predicted molar refractivity (Wildman–Crippen MR) is 144 cm³/mol. The Morgan fingerprint density at radius 1 is 1.10 bits per heavy atom. The molecule has 0 bridgehead atoms. The zero-order valence-corrected chi connectivity index (χ0v) is 22.2. The van der Waals surface area contributed by atoms with Gasteiger partial charge in [-0.3, -0.25) is 4.79 Å². The number of nitrogen functional groups attached to an aromatic ring is 1. The van der Waals surface area contributed by atoms with E-state index in [0.29, 0.717) is 11.4 Å². The van der Waals surface area contributed by atoms with Crippen LogP contribution in [0.5, 0.6) is 0 Å². The quantitative estimate of drug-likeness (QED) is 0.265. The third kappa shape index (κ3) is 5.98. The van der Waals surface area contributed by atoms with Gasteiger partial charge in [0, 0.05) is 17.6 Å². The van der Waals surface area contributed by atoms with Crippen LogP contribution in [0.4, 0.5) is 17.5 Å². The number of rotatable bonds is 8. The fourth-order valence-corrected chi connectivity index (χ4v) is 5.28. The number of carbonyl (C=O) groups excluding carboxylic acids is 1. The minimum atomic E-state index is -3.95. The van der Waals surface area contributed by atoms with Crippen molar-refractivity contribution in [3.05, 3.63) is 71.7 Å². The zero-order chi connectivity index (χ0) is 28.2. The molecule has 0 radical (unpaired) electrons. The Labute approximate surface area is 228 Å². The largest absolute Gasteiger partial charge is 0.464 e. The maximum absolute atomic E-state index is 12.9. The van der Waals surface area contributed by atoms with Crippen molar-refractivity contribution in [1.82, 2.24) is 15.0 Å². The van der Waals surface area contributed by atoms with Crippen LogP contribution in [0.1, 0.15) is 23.7 Å². The van der Waals surface area contributed by atoms with E-state index in [9.17, 15) is 23.7 Å². The lowest BCUT2D eigenvalue weighted by Gasteiger charge is -2.15. The molecule has 0 fully saturated rings. The molecule has 0 aliphatic heterocycles. The Kier molecular flexibility index (Phi) is 7.80. The Hall–Kier alpha value is -4.92. The molecule has 4 aromatic rings. The first-order valence-electron chi connectivity index (χ1n) is 11.2. The Balaban J connectivity index is 1.50. The van der Waals surface area contributed by atoms with E-state index in [-0.39, 0.29) is 44.1 Å². The van der Waals surface area contributed by atoms with Crippen LogP contribution in [0.15, 0.2) is 69.3 Å². The fraction of sp³-hybridized carbons (Fsp3) is 0.120. The van der Waals surface area contributed by atoms with Crippen molar-refractivity contribution >= 4 is 45.1 Å². The molecule has 1 amide bonds. The van der Waals surface area contributed by atoms with Crippen molar-refractivity contribution in [2.75, 3.05) is 15.8 Å². The number of nitrogens with one attached hydrogen (secondary N) is 2. The molecule has 0 aliphatic rings. The summed E-state index contributed by atoms with van der Waals surface area (Å²) in [4.78, 5) is 25.0. The topological polar surface area (TPSA) is 201 Å². The average molecular weight is 561 g/mol. The second-order valence-electron chi connectivity index (χ2n) is 8.03. The van der Waals surface area contributed by atoms with Gasteiger partial charge in [-0.15, -0.1) is 0 Å². The number of carbonyl (C=O) groups is 1. The van der Waals surface area contributed by atoms with Gasteiger partial charge in [0.2, 0.25) is 11.9 Å². The van der Waals surface area contributed by atoms with Crippen LogP contribution in [0, 0.1) is 29.6 Å². The standard InChI is InChI=1S/C25H20N8O4S2/c1-14-9-10-29-25(30-14)33-39(35,36)17-7-5-16(6-8-17)31-23(34)15(2)38-24-19(13-27)21(20-4-3-11-37-20)18(12-26)22(28)32-24/h3-11,15H,1-2H3,(H2,28,32)(H,31,34)(H,29,30,33). The van der Waals surface area contributed by atoms with Crippen LogP contribution in [-0.4, -0.2) is 34.5 Å². The molecule has 196 valence electrons. The first-order valence-corrected chi connectivity index (χ1v) is 13.6. The SMILES string of the molecule is Cc1ccnc(NS(=O)(=O)c2ccc(NC(=O)C(C)Sc3nc(N)c(C#N)c(-c4ccco4)c3C#N)cc2)n1. The first kappa shape index (κ1) is 27.1. The van der Waals surface area contributed by atoms with Gasteiger partial charge in [0.15, 0.2) is 0 Å². The van der Waals surface area contributed by atoms with Gasteiger partial charge in [-0.1, -0.05) is 11.8 Å². The van der Waals surface area contributed by atoms with E-state index in [1.54, 1.807) is 32.0 Å². The highest BCUT2D eigenvalue weighted by Gasteiger charge is 2.25. The lowest BCUT2D eigenvalue weighted by atomic mass is 10.0. The zero-order valence-electron chi connectivity index (χ0n) is 20.5. The monoisotopic (exact) mass is 560 g/mol. The van der Waals surface area contributed by atoms with Crippen LogP contribution in [0.3, 0.4) is 0 Å². The molecule has 0 saturated heterocycles. The molecule has 1 aromatic carbocycles. The number of nitriles is 2. The number of nitrogens with two attached hydrogens (primary N) is 1. The summed E-state index contributed by atoms with van der Waals surface area (Å²) in [6.45, 7) is 3.32. The summed E-state index contributed by atoms with van der Waals surface area (Å²) < 4.78 is 33.0. The lowest BCUT2D eigenvalue weighted by Crippen LogP contribution is -2.23. The van der Waals surface area contributed by atoms with E-state index in [1.807, 2.05) is 12.1 Å². The van der Waals surface area contributed by atoms with E-state index >= 15 is 0 Å². The molecule has 3 aromatic heterocycles. The van der Waals surface area contributed by atoms with E-state index in [1.165, 1.54) is 36.7 Å². The summed E-state index contributed by atoms with van der Waals surface area (Å²) in [7, 11) is -3.95. The number of furan rings is 1. The van der Waals surface area contributed by atoms with Crippen LogP contribution in [0.2, 0.25) is 0 Å². The van der Waals surface area contributed by atoms with Gasteiger partial charge in [0.25, 0.3) is 10.0 Å². The summed E-state index contributed by atoms with van der Waals surface area (Å²) in [5, 5.41) is 21.5. The van der Waals surface area contributed by atoms with Crippen molar-refractivity contribution in [3.63, 3.8) is 0 Å². The van der Waals surface area contributed by atoms with Crippen LogP contribution < -0.4 is 15.8 Å². The average Bonchev–Trinajstić information content (AvgIpc) is 3.43. The van der Waals surface area contributed by atoms with Crippen molar-refractivity contribution in [3.8, 4) is 23.5 Å². The smallest absolute Gasteiger partial charge is 0.264 e. The van der Waals surface area contributed by atoms with Crippen LogP contribution >= 0.6 is 11.8 Å². The Bertz CT molecular complexity index is 1730. The van der Waals surface area contributed by atoms with Crippen LogP contribution in [0.25, 0.3) is 11.3 Å². The number of aromatic nitrogens is 3. The molecule has 4 rings (SSSR count). The fourth-order valence-electron chi connectivity index (χ4n) is 3.41. The van der Waals surface area contributed by atoms with Crippen molar-refractivity contribution in [2.24, 2.45) is 0 Å². The maximum atomic E-state index is 12.9. The van der Waals surface area contributed by atoms with Gasteiger partial charge in [0.05, 0.1) is 27.5 Å². The Morgan fingerprint density at radius 2 is 1.82 bits per heavy atom. The number of nitrogens with zero attached hydrogens (tertiary/aromatic N) is 5. The molecule has 1 unspecified atom stereocenters. The molecule has 3 heterocycles. The maximum Gasteiger partial charge on any atom is 0.264 e. The molecule has 0 spiro atoms. The number of thioether (sulfide) groups is 1. The van der Waals surface area contributed by atoms with Gasteiger partial charge in [0.1, 0.15) is 34.3 Å². The second kappa shape index (κ2) is 11.2.